The van der Waals surface area contributed by atoms with Crippen molar-refractivity contribution in [2.45, 2.75) is 32.3 Å². The summed E-state index contributed by atoms with van der Waals surface area (Å²) < 4.78 is 0. The van der Waals surface area contributed by atoms with Gasteiger partial charge in [0.05, 0.1) is 5.60 Å². The zero-order valence-corrected chi connectivity index (χ0v) is 12.9. The van der Waals surface area contributed by atoms with Crippen LogP contribution < -0.4 is 5.32 Å². The summed E-state index contributed by atoms with van der Waals surface area (Å²) in [4.78, 5) is 13.7. The van der Waals surface area contributed by atoms with Crippen LogP contribution in [0.2, 0.25) is 0 Å². The van der Waals surface area contributed by atoms with Gasteiger partial charge in [-0.1, -0.05) is 29.8 Å². The monoisotopic (exact) mass is 278 g/mol. The molecule has 4 heteroatoms. The van der Waals surface area contributed by atoms with E-state index in [9.17, 15) is 9.90 Å². The number of hydrogen-bond acceptors (Lipinski definition) is 3. The summed E-state index contributed by atoms with van der Waals surface area (Å²) in [6.45, 7) is 4.57. The van der Waals surface area contributed by atoms with E-state index in [1.165, 1.54) is 11.1 Å². The molecule has 0 aliphatic rings. The maximum absolute atomic E-state index is 11.8. The maximum atomic E-state index is 11.8. The van der Waals surface area contributed by atoms with E-state index in [-0.39, 0.29) is 12.5 Å². The number of benzene rings is 1. The summed E-state index contributed by atoms with van der Waals surface area (Å²) >= 11 is 0. The molecule has 0 radical (unpaired) electrons. The topological polar surface area (TPSA) is 52.6 Å². The second-order valence-corrected chi connectivity index (χ2v) is 6.00. The Balaban J connectivity index is 2.34. The molecule has 1 atom stereocenters. The normalized spacial score (nSPS) is 14.1. The Morgan fingerprint density at radius 3 is 2.70 bits per heavy atom. The van der Waals surface area contributed by atoms with E-state index in [0.717, 1.165) is 6.42 Å². The number of rotatable bonds is 7. The summed E-state index contributed by atoms with van der Waals surface area (Å²) in [5.41, 5.74) is 1.47. The van der Waals surface area contributed by atoms with Gasteiger partial charge in [-0.2, -0.15) is 0 Å². The molecule has 0 aliphatic heterocycles. The van der Waals surface area contributed by atoms with Crippen LogP contribution in [0.4, 0.5) is 0 Å². The minimum atomic E-state index is -0.900. The van der Waals surface area contributed by atoms with Crippen molar-refractivity contribution in [3.8, 4) is 0 Å². The zero-order valence-electron chi connectivity index (χ0n) is 12.9. The highest BCUT2D eigenvalue weighted by molar-refractivity contribution is 5.76. The van der Waals surface area contributed by atoms with Gasteiger partial charge in [-0.05, 0) is 39.9 Å². The largest absolute Gasteiger partial charge is 0.387 e. The fraction of sp³-hybridized carbons (Fsp3) is 0.562. The summed E-state index contributed by atoms with van der Waals surface area (Å²) in [7, 11) is 3.79. The van der Waals surface area contributed by atoms with E-state index in [0.29, 0.717) is 13.0 Å². The van der Waals surface area contributed by atoms with Crippen molar-refractivity contribution in [1.29, 1.82) is 0 Å². The van der Waals surface area contributed by atoms with Gasteiger partial charge in [0.1, 0.15) is 0 Å². The van der Waals surface area contributed by atoms with Crippen LogP contribution in [0.3, 0.4) is 0 Å². The first kappa shape index (κ1) is 16.7. The van der Waals surface area contributed by atoms with Crippen LogP contribution in [0, 0.1) is 6.92 Å². The number of aliphatic hydroxyl groups is 1. The molecule has 4 nitrogen and oxygen atoms in total. The first-order valence-corrected chi connectivity index (χ1v) is 6.98. The molecular weight excluding hydrogens is 252 g/mol. The Kier molecular flexibility index (Phi) is 6.17. The first-order chi connectivity index (χ1) is 9.28. The maximum Gasteiger partial charge on any atom is 0.220 e. The van der Waals surface area contributed by atoms with Crippen molar-refractivity contribution in [1.82, 2.24) is 10.2 Å². The van der Waals surface area contributed by atoms with Crippen LogP contribution in [0.1, 0.15) is 24.5 Å². The van der Waals surface area contributed by atoms with E-state index in [2.05, 4.69) is 11.4 Å². The van der Waals surface area contributed by atoms with Gasteiger partial charge in [-0.15, -0.1) is 0 Å². The molecular formula is C16H26N2O2. The van der Waals surface area contributed by atoms with Gasteiger partial charge < -0.3 is 15.3 Å². The number of hydrogen-bond donors (Lipinski definition) is 2. The average molecular weight is 278 g/mol. The second-order valence-electron chi connectivity index (χ2n) is 6.00. The predicted molar refractivity (Wildman–Crippen MR) is 81.7 cm³/mol. The Morgan fingerprint density at radius 1 is 1.40 bits per heavy atom. The summed E-state index contributed by atoms with van der Waals surface area (Å²) in [6.07, 6.45) is 1.17. The number of carbonyl (C=O) groups excluding carboxylic acids is 1. The van der Waals surface area contributed by atoms with Crippen LogP contribution in [-0.4, -0.2) is 48.7 Å². The van der Waals surface area contributed by atoms with E-state index >= 15 is 0 Å². The summed E-state index contributed by atoms with van der Waals surface area (Å²) in [5, 5.41) is 12.9. The molecule has 0 aromatic heterocycles. The lowest BCUT2D eigenvalue weighted by Crippen LogP contribution is -2.47. The van der Waals surface area contributed by atoms with Crippen LogP contribution in [0.15, 0.2) is 24.3 Å². The fourth-order valence-electron chi connectivity index (χ4n) is 2.24. The highest BCUT2D eigenvalue weighted by Crippen LogP contribution is 2.07. The quantitative estimate of drug-likeness (QED) is 0.792. The fourth-order valence-corrected chi connectivity index (χ4v) is 2.24. The Morgan fingerprint density at radius 2 is 2.10 bits per heavy atom. The molecule has 112 valence electrons. The van der Waals surface area contributed by atoms with Crippen LogP contribution >= 0.6 is 0 Å². The SMILES string of the molecule is Cc1cccc(CCC(=O)NCC(C)(O)CN(C)C)c1. The third kappa shape index (κ3) is 6.68. The molecule has 0 saturated heterocycles. The molecule has 0 fully saturated rings. The number of amides is 1. The molecule has 1 aromatic carbocycles. The smallest absolute Gasteiger partial charge is 0.220 e. The number of nitrogens with zero attached hydrogens (tertiary/aromatic N) is 1. The lowest BCUT2D eigenvalue weighted by molar-refractivity contribution is -0.122. The average Bonchev–Trinajstić information content (AvgIpc) is 2.32. The van der Waals surface area contributed by atoms with E-state index in [4.69, 9.17) is 0 Å². The lowest BCUT2D eigenvalue weighted by Gasteiger charge is -2.27. The van der Waals surface area contributed by atoms with Crippen molar-refractivity contribution < 1.29 is 9.90 Å². The Bertz CT molecular complexity index is 442. The first-order valence-electron chi connectivity index (χ1n) is 6.98. The van der Waals surface area contributed by atoms with E-state index in [1.54, 1.807) is 6.92 Å². The van der Waals surface area contributed by atoms with Gasteiger partial charge in [0.15, 0.2) is 0 Å². The molecule has 0 bridgehead atoms. The van der Waals surface area contributed by atoms with E-state index in [1.807, 2.05) is 44.1 Å². The number of nitrogens with one attached hydrogen (secondary N) is 1. The molecule has 2 N–H and O–H groups in total. The van der Waals surface area contributed by atoms with Crippen molar-refractivity contribution in [2.75, 3.05) is 27.2 Å². The zero-order chi connectivity index (χ0) is 15.2. The number of likely N-dealkylation sites (N-methyl/N-ethyl adjacent to an activating group) is 1. The van der Waals surface area contributed by atoms with Crippen LogP contribution in [0.5, 0.6) is 0 Å². The van der Waals surface area contributed by atoms with Crippen molar-refractivity contribution >= 4 is 5.91 Å². The van der Waals surface area contributed by atoms with Crippen molar-refractivity contribution in [3.63, 3.8) is 0 Å². The molecule has 0 spiro atoms. The summed E-state index contributed by atoms with van der Waals surface area (Å²) in [6, 6.07) is 8.17. The summed E-state index contributed by atoms with van der Waals surface area (Å²) in [5.74, 6) is -0.0227. The van der Waals surface area contributed by atoms with Gasteiger partial charge in [0.25, 0.3) is 0 Å². The third-order valence-corrected chi connectivity index (χ3v) is 3.05. The minimum absolute atomic E-state index is 0.0227. The Hall–Kier alpha value is -1.39. The van der Waals surface area contributed by atoms with Crippen LogP contribution in [0.25, 0.3) is 0 Å². The highest BCUT2D eigenvalue weighted by Gasteiger charge is 2.21. The Labute approximate surface area is 121 Å². The minimum Gasteiger partial charge on any atom is -0.387 e. The molecule has 1 amide bonds. The van der Waals surface area contributed by atoms with Crippen molar-refractivity contribution in [3.05, 3.63) is 35.4 Å². The van der Waals surface area contributed by atoms with Gasteiger partial charge in [0, 0.05) is 19.5 Å². The van der Waals surface area contributed by atoms with Crippen LogP contribution in [-0.2, 0) is 11.2 Å². The van der Waals surface area contributed by atoms with Gasteiger partial charge >= 0.3 is 0 Å². The number of aryl methyl sites for hydroxylation is 2. The van der Waals surface area contributed by atoms with E-state index < -0.39 is 5.60 Å². The van der Waals surface area contributed by atoms with Gasteiger partial charge in [0.2, 0.25) is 5.91 Å². The number of carbonyl (C=O) groups is 1. The highest BCUT2D eigenvalue weighted by atomic mass is 16.3. The lowest BCUT2D eigenvalue weighted by atomic mass is 10.1. The molecule has 20 heavy (non-hydrogen) atoms. The standard InChI is InChI=1S/C16H26N2O2/c1-13-6-5-7-14(10-13)8-9-15(19)17-11-16(2,20)12-18(3)4/h5-7,10,20H,8-9,11-12H2,1-4H3,(H,17,19). The van der Waals surface area contributed by atoms with Gasteiger partial charge in [-0.3, -0.25) is 4.79 Å². The van der Waals surface area contributed by atoms with Gasteiger partial charge in [-0.25, -0.2) is 0 Å². The van der Waals surface area contributed by atoms with Crippen molar-refractivity contribution in [2.24, 2.45) is 0 Å². The molecule has 0 saturated carbocycles. The molecule has 1 aromatic rings. The second kappa shape index (κ2) is 7.41. The molecule has 1 rings (SSSR count). The molecule has 0 aliphatic carbocycles. The predicted octanol–water partition coefficient (Wildman–Crippen LogP) is 1.36. The molecule has 0 heterocycles. The third-order valence-electron chi connectivity index (χ3n) is 3.05. The molecule has 1 unspecified atom stereocenters.